The van der Waals surface area contributed by atoms with Crippen LogP contribution < -0.4 is 11.1 Å². The molecule has 0 radical (unpaired) electrons. The van der Waals surface area contributed by atoms with E-state index in [-0.39, 0.29) is 17.8 Å². The summed E-state index contributed by atoms with van der Waals surface area (Å²) in [6.45, 7) is 2.74. The summed E-state index contributed by atoms with van der Waals surface area (Å²) in [5.74, 6) is 0. The molecule has 1 aromatic rings. The zero-order valence-corrected chi connectivity index (χ0v) is 8.89. The molecule has 3 N–H and O–H groups in total. The molecule has 0 saturated carbocycles. The first-order valence-corrected chi connectivity index (χ1v) is 4.69. The van der Waals surface area contributed by atoms with E-state index < -0.39 is 0 Å². The number of aromatic nitrogens is 1. The fraction of sp³-hybridized carbons (Fsp3) is 0.500. The first-order chi connectivity index (χ1) is 6.37. The first-order valence-electron chi connectivity index (χ1n) is 4.69. The van der Waals surface area contributed by atoms with Crippen LogP contribution in [0.25, 0.3) is 0 Å². The summed E-state index contributed by atoms with van der Waals surface area (Å²) in [5, 5.41) is 3.35. The van der Waals surface area contributed by atoms with Crippen molar-refractivity contribution in [3.05, 3.63) is 30.1 Å². The lowest BCUT2D eigenvalue weighted by Crippen LogP contribution is -2.37. The van der Waals surface area contributed by atoms with Crippen LogP contribution in [0.1, 0.15) is 12.0 Å². The molecule has 1 aliphatic rings. The van der Waals surface area contributed by atoms with Crippen LogP contribution in [-0.4, -0.2) is 24.6 Å². The van der Waals surface area contributed by atoms with Crippen LogP contribution in [0.4, 0.5) is 0 Å². The molecule has 1 fully saturated rings. The van der Waals surface area contributed by atoms with Gasteiger partial charge >= 0.3 is 0 Å². The highest BCUT2D eigenvalue weighted by Crippen LogP contribution is 2.28. The molecule has 0 aromatic carbocycles. The predicted octanol–water partition coefficient (Wildman–Crippen LogP) is 0.693. The minimum Gasteiger partial charge on any atom is -0.330 e. The van der Waals surface area contributed by atoms with E-state index in [9.17, 15) is 0 Å². The first kappa shape index (κ1) is 11.4. The Morgan fingerprint density at radius 3 is 2.93 bits per heavy atom. The van der Waals surface area contributed by atoms with Crippen LogP contribution in [0, 0.1) is 0 Å². The third-order valence-corrected chi connectivity index (χ3v) is 2.91. The average molecular weight is 214 g/mol. The maximum absolute atomic E-state index is 5.83. The summed E-state index contributed by atoms with van der Waals surface area (Å²) in [5.41, 5.74) is 7.23. The average Bonchev–Trinajstić information content (AvgIpc) is 2.69. The molecule has 0 spiro atoms. The van der Waals surface area contributed by atoms with Crippen LogP contribution in [0.5, 0.6) is 0 Å². The minimum absolute atomic E-state index is 0. The van der Waals surface area contributed by atoms with E-state index in [1.54, 1.807) is 6.20 Å². The Hall–Kier alpha value is -0.640. The van der Waals surface area contributed by atoms with Crippen molar-refractivity contribution in [3.8, 4) is 0 Å². The van der Waals surface area contributed by atoms with Crippen LogP contribution in [-0.2, 0) is 5.41 Å². The number of nitrogens with one attached hydrogen (secondary N) is 1. The molecule has 1 aromatic heterocycles. The molecule has 14 heavy (non-hydrogen) atoms. The number of hydrogen-bond donors (Lipinski definition) is 2. The summed E-state index contributed by atoms with van der Waals surface area (Å²) in [6, 6.07) is 4.10. The largest absolute Gasteiger partial charge is 0.330 e. The molecule has 0 amide bonds. The molecule has 1 aliphatic heterocycles. The van der Waals surface area contributed by atoms with Gasteiger partial charge in [0.15, 0.2) is 0 Å². The van der Waals surface area contributed by atoms with Crippen LogP contribution >= 0.6 is 12.4 Å². The van der Waals surface area contributed by atoms with Gasteiger partial charge in [-0.1, -0.05) is 6.07 Å². The molecule has 1 unspecified atom stereocenters. The summed E-state index contributed by atoms with van der Waals surface area (Å²) >= 11 is 0. The van der Waals surface area contributed by atoms with Crippen molar-refractivity contribution in [2.24, 2.45) is 5.73 Å². The Labute approximate surface area is 90.5 Å². The van der Waals surface area contributed by atoms with E-state index in [0.29, 0.717) is 6.54 Å². The number of rotatable bonds is 2. The zero-order valence-electron chi connectivity index (χ0n) is 8.07. The molecule has 1 atom stereocenters. The van der Waals surface area contributed by atoms with Crippen molar-refractivity contribution < 1.29 is 0 Å². The van der Waals surface area contributed by atoms with Crippen LogP contribution in [0.2, 0.25) is 0 Å². The highest BCUT2D eigenvalue weighted by molar-refractivity contribution is 5.85. The van der Waals surface area contributed by atoms with Gasteiger partial charge in [-0.3, -0.25) is 4.98 Å². The van der Waals surface area contributed by atoms with Gasteiger partial charge in [-0.05, 0) is 24.6 Å². The molecular weight excluding hydrogens is 198 g/mol. The SMILES string of the molecule is Cl.NCC1(c2cccnc2)CCNC1. The fourth-order valence-corrected chi connectivity index (χ4v) is 1.96. The minimum atomic E-state index is 0. The molecular formula is C10H16ClN3. The third kappa shape index (κ3) is 1.90. The molecule has 4 heteroatoms. The van der Waals surface area contributed by atoms with Crippen molar-refractivity contribution in [1.82, 2.24) is 10.3 Å². The summed E-state index contributed by atoms with van der Waals surface area (Å²) in [7, 11) is 0. The maximum Gasteiger partial charge on any atom is 0.0306 e. The number of pyridine rings is 1. The zero-order chi connectivity index (χ0) is 9.15. The van der Waals surface area contributed by atoms with Crippen molar-refractivity contribution in [2.75, 3.05) is 19.6 Å². The second-order valence-electron chi connectivity index (χ2n) is 3.65. The smallest absolute Gasteiger partial charge is 0.0306 e. The third-order valence-electron chi connectivity index (χ3n) is 2.91. The number of hydrogen-bond acceptors (Lipinski definition) is 3. The van der Waals surface area contributed by atoms with Gasteiger partial charge in [-0.15, -0.1) is 12.4 Å². The van der Waals surface area contributed by atoms with Gasteiger partial charge in [0.2, 0.25) is 0 Å². The molecule has 0 bridgehead atoms. The summed E-state index contributed by atoms with van der Waals surface area (Å²) < 4.78 is 0. The topological polar surface area (TPSA) is 50.9 Å². The quantitative estimate of drug-likeness (QED) is 0.760. The van der Waals surface area contributed by atoms with Crippen LogP contribution in [0.3, 0.4) is 0 Å². The second kappa shape index (κ2) is 4.73. The number of nitrogens with zero attached hydrogens (tertiary/aromatic N) is 1. The molecule has 1 saturated heterocycles. The van der Waals surface area contributed by atoms with Gasteiger partial charge in [0.1, 0.15) is 0 Å². The van der Waals surface area contributed by atoms with Crippen LogP contribution in [0.15, 0.2) is 24.5 Å². The maximum atomic E-state index is 5.83. The lowest BCUT2D eigenvalue weighted by atomic mass is 9.81. The fourth-order valence-electron chi connectivity index (χ4n) is 1.96. The molecule has 78 valence electrons. The van der Waals surface area contributed by atoms with E-state index in [2.05, 4.69) is 16.4 Å². The predicted molar refractivity (Wildman–Crippen MR) is 59.7 cm³/mol. The number of nitrogens with two attached hydrogens (primary N) is 1. The van der Waals surface area contributed by atoms with Gasteiger partial charge in [0, 0.05) is 30.9 Å². The normalized spacial score (nSPS) is 25.8. The Kier molecular flexibility index (Phi) is 3.86. The standard InChI is InChI=1S/C10H15N3.ClH/c11-7-10(3-5-13-8-10)9-2-1-4-12-6-9;/h1-2,4,6,13H,3,5,7-8,11H2;1H. The van der Waals surface area contributed by atoms with E-state index in [1.807, 2.05) is 12.3 Å². The molecule has 2 rings (SSSR count). The summed E-state index contributed by atoms with van der Waals surface area (Å²) in [4.78, 5) is 4.14. The van der Waals surface area contributed by atoms with Gasteiger partial charge in [-0.2, -0.15) is 0 Å². The summed E-state index contributed by atoms with van der Waals surface area (Å²) in [6.07, 6.45) is 4.85. The molecule has 0 aliphatic carbocycles. The monoisotopic (exact) mass is 213 g/mol. The molecule has 3 nitrogen and oxygen atoms in total. The van der Waals surface area contributed by atoms with Gasteiger partial charge in [0.05, 0.1) is 0 Å². The van der Waals surface area contributed by atoms with E-state index in [1.165, 1.54) is 5.56 Å². The van der Waals surface area contributed by atoms with Crippen molar-refractivity contribution in [3.63, 3.8) is 0 Å². The second-order valence-corrected chi connectivity index (χ2v) is 3.65. The van der Waals surface area contributed by atoms with E-state index in [0.717, 1.165) is 19.5 Å². The van der Waals surface area contributed by atoms with E-state index >= 15 is 0 Å². The van der Waals surface area contributed by atoms with Gasteiger partial charge < -0.3 is 11.1 Å². The van der Waals surface area contributed by atoms with Crippen molar-refractivity contribution in [1.29, 1.82) is 0 Å². The Bertz CT molecular complexity index is 270. The Balaban J connectivity index is 0.000000980. The Morgan fingerprint density at radius 1 is 1.57 bits per heavy atom. The van der Waals surface area contributed by atoms with Gasteiger partial charge in [-0.25, -0.2) is 0 Å². The van der Waals surface area contributed by atoms with Crippen molar-refractivity contribution >= 4 is 12.4 Å². The lowest BCUT2D eigenvalue weighted by molar-refractivity contribution is 0.481. The molecule has 2 heterocycles. The Morgan fingerprint density at radius 2 is 2.43 bits per heavy atom. The van der Waals surface area contributed by atoms with Crippen molar-refractivity contribution in [2.45, 2.75) is 11.8 Å². The highest BCUT2D eigenvalue weighted by atomic mass is 35.5. The number of halogens is 1. The highest BCUT2D eigenvalue weighted by Gasteiger charge is 2.34. The van der Waals surface area contributed by atoms with E-state index in [4.69, 9.17) is 5.73 Å². The van der Waals surface area contributed by atoms with Gasteiger partial charge in [0.25, 0.3) is 0 Å². The lowest BCUT2D eigenvalue weighted by Gasteiger charge is -2.26.